The highest BCUT2D eigenvalue weighted by Crippen LogP contribution is 2.27. The lowest BCUT2D eigenvalue weighted by molar-refractivity contribution is -0.142. The molecule has 3 unspecified atom stereocenters. The standard InChI is InChI=1S/C16H23NO2/c1-12(8-9-14-6-4-3-5-7-14)17-11-10-15(13(17)2)16(18)19/h3-7,12-13,15H,8-11H2,1-2H3,(H,18,19). The van der Waals surface area contributed by atoms with Gasteiger partial charge in [0, 0.05) is 12.1 Å². The zero-order valence-electron chi connectivity index (χ0n) is 11.7. The van der Waals surface area contributed by atoms with Gasteiger partial charge in [-0.15, -0.1) is 0 Å². The molecule has 1 N–H and O–H groups in total. The number of rotatable bonds is 5. The number of benzene rings is 1. The number of carboxylic acids is 1. The van der Waals surface area contributed by atoms with E-state index in [-0.39, 0.29) is 12.0 Å². The summed E-state index contributed by atoms with van der Waals surface area (Å²) >= 11 is 0. The molecule has 3 atom stereocenters. The van der Waals surface area contributed by atoms with Gasteiger partial charge in [-0.3, -0.25) is 9.69 Å². The quantitative estimate of drug-likeness (QED) is 0.886. The molecule has 0 aliphatic carbocycles. The maximum Gasteiger partial charge on any atom is 0.308 e. The van der Waals surface area contributed by atoms with Crippen molar-refractivity contribution in [2.24, 2.45) is 5.92 Å². The van der Waals surface area contributed by atoms with E-state index in [0.717, 1.165) is 25.8 Å². The minimum atomic E-state index is -0.648. The second-order valence-corrected chi connectivity index (χ2v) is 5.59. The van der Waals surface area contributed by atoms with Crippen molar-refractivity contribution in [3.05, 3.63) is 35.9 Å². The van der Waals surface area contributed by atoms with Gasteiger partial charge in [-0.05, 0) is 45.2 Å². The van der Waals surface area contributed by atoms with Gasteiger partial charge in [-0.1, -0.05) is 30.3 Å². The molecule has 3 nitrogen and oxygen atoms in total. The predicted octanol–water partition coefficient (Wildman–Crippen LogP) is 2.80. The Morgan fingerprint density at radius 3 is 2.68 bits per heavy atom. The SMILES string of the molecule is CC(CCc1ccccc1)N1CCC(C(=O)O)C1C. The van der Waals surface area contributed by atoms with Crippen molar-refractivity contribution in [3.63, 3.8) is 0 Å². The summed E-state index contributed by atoms with van der Waals surface area (Å²) in [5.74, 6) is -0.843. The number of aliphatic carboxylic acids is 1. The molecular weight excluding hydrogens is 238 g/mol. The average molecular weight is 261 g/mol. The van der Waals surface area contributed by atoms with E-state index in [9.17, 15) is 4.79 Å². The van der Waals surface area contributed by atoms with E-state index in [1.165, 1.54) is 5.56 Å². The first-order valence-electron chi connectivity index (χ1n) is 7.12. The summed E-state index contributed by atoms with van der Waals surface area (Å²) in [6.07, 6.45) is 2.93. The molecule has 0 bridgehead atoms. The maximum atomic E-state index is 11.1. The molecule has 1 saturated heterocycles. The highest BCUT2D eigenvalue weighted by atomic mass is 16.4. The van der Waals surface area contributed by atoms with Crippen LogP contribution in [0, 0.1) is 5.92 Å². The van der Waals surface area contributed by atoms with E-state index in [1.54, 1.807) is 0 Å². The fraction of sp³-hybridized carbons (Fsp3) is 0.562. The van der Waals surface area contributed by atoms with Crippen molar-refractivity contribution in [1.29, 1.82) is 0 Å². The molecule has 0 radical (unpaired) electrons. The number of hydrogen-bond acceptors (Lipinski definition) is 2. The van der Waals surface area contributed by atoms with Crippen molar-refractivity contribution in [2.45, 2.75) is 45.2 Å². The first-order valence-corrected chi connectivity index (χ1v) is 7.12. The molecule has 1 aromatic carbocycles. The van der Waals surface area contributed by atoms with Gasteiger partial charge in [0.1, 0.15) is 0 Å². The molecule has 1 fully saturated rings. The molecule has 104 valence electrons. The Bertz CT molecular complexity index is 418. The van der Waals surface area contributed by atoms with Crippen molar-refractivity contribution >= 4 is 5.97 Å². The topological polar surface area (TPSA) is 40.5 Å². The lowest BCUT2D eigenvalue weighted by atomic mass is 10.0. The second-order valence-electron chi connectivity index (χ2n) is 5.59. The molecule has 1 aliphatic heterocycles. The zero-order chi connectivity index (χ0) is 13.8. The molecule has 19 heavy (non-hydrogen) atoms. The van der Waals surface area contributed by atoms with Crippen LogP contribution in [0.5, 0.6) is 0 Å². The fourth-order valence-electron chi connectivity index (χ4n) is 3.10. The van der Waals surface area contributed by atoms with Gasteiger partial charge in [-0.25, -0.2) is 0 Å². The molecule has 2 rings (SSSR count). The van der Waals surface area contributed by atoms with Gasteiger partial charge in [-0.2, -0.15) is 0 Å². The van der Waals surface area contributed by atoms with Crippen LogP contribution in [0.3, 0.4) is 0 Å². The minimum Gasteiger partial charge on any atom is -0.481 e. The van der Waals surface area contributed by atoms with Gasteiger partial charge < -0.3 is 5.11 Å². The normalized spacial score (nSPS) is 25.4. The molecule has 1 heterocycles. The molecule has 0 aromatic heterocycles. The van der Waals surface area contributed by atoms with Gasteiger partial charge in [0.05, 0.1) is 5.92 Å². The molecule has 3 heteroatoms. The van der Waals surface area contributed by atoms with E-state index in [4.69, 9.17) is 5.11 Å². The van der Waals surface area contributed by atoms with E-state index in [1.807, 2.05) is 13.0 Å². The summed E-state index contributed by atoms with van der Waals surface area (Å²) in [4.78, 5) is 13.5. The molecule has 0 spiro atoms. The Hall–Kier alpha value is -1.35. The van der Waals surface area contributed by atoms with Crippen LogP contribution in [0.4, 0.5) is 0 Å². The Balaban J connectivity index is 1.87. The van der Waals surface area contributed by atoms with Gasteiger partial charge >= 0.3 is 5.97 Å². The summed E-state index contributed by atoms with van der Waals surface area (Å²) in [7, 11) is 0. The highest BCUT2D eigenvalue weighted by molar-refractivity contribution is 5.71. The van der Waals surface area contributed by atoms with Crippen LogP contribution in [0.25, 0.3) is 0 Å². The van der Waals surface area contributed by atoms with Crippen LogP contribution in [0.1, 0.15) is 32.3 Å². The minimum absolute atomic E-state index is 0.156. The molecule has 0 saturated carbocycles. The number of nitrogens with zero attached hydrogens (tertiary/aromatic N) is 1. The van der Waals surface area contributed by atoms with E-state index < -0.39 is 5.97 Å². The van der Waals surface area contributed by atoms with Crippen LogP contribution in [0.2, 0.25) is 0 Å². The summed E-state index contributed by atoms with van der Waals surface area (Å²) in [6.45, 7) is 5.17. The predicted molar refractivity (Wildman–Crippen MR) is 76.1 cm³/mol. The molecular formula is C16H23NO2. The first kappa shape index (κ1) is 14.1. The van der Waals surface area contributed by atoms with Crippen LogP contribution < -0.4 is 0 Å². The summed E-state index contributed by atoms with van der Waals surface area (Å²) in [5, 5.41) is 9.16. The largest absolute Gasteiger partial charge is 0.481 e. The molecule has 0 amide bonds. The zero-order valence-corrected chi connectivity index (χ0v) is 11.7. The third-order valence-corrected chi connectivity index (χ3v) is 4.38. The monoisotopic (exact) mass is 261 g/mol. The average Bonchev–Trinajstić information content (AvgIpc) is 2.79. The van der Waals surface area contributed by atoms with Crippen LogP contribution in [0.15, 0.2) is 30.3 Å². The van der Waals surface area contributed by atoms with Crippen molar-refractivity contribution < 1.29 is 9.90 Å². The third-order valence-electron chi connectivity index (χ3n) is 4.38. The number of carboxylic acid groups (broad SMARTS) is 1. The summed E-state index contributed by atoms with van der Waals surface area (Å²) in [6, 6.07) is 11.1. The van der Waals surface area contributed by atoms with E-state index in [0.29, 0.717) is 6.04 Å². The van der Waals surface area contributed by atoms with Crippen LogP contribution in [-0.4, -0.2) is 34.6 Å². The van der Waals surface area contributed by atoms with Gasteiger partial charge in [0.25, 0.3) is 0 Å². The number of hydrogen-bond donors (Lipinski definition) is 1. The number of likely N-dealkylation sites (tertiary alicyclic amines) is 1. The Morgan fingerprint density at radius 2 is 2.11 bits per heavy atom. The second kappa shape index (κ2) is 6.20. The van der Waals surface area contributed by atoms with Gasteiger partial charge in [0.15, 0.2) is 0 Å². The summed E-state index contributed by atoms with van der Waals surface area (Å²) in [5.41, 5.74) is 1.36. The lowest BCUT2D eigenvalue weighted by Gasteiger charge is -2.29. The van der Waals surface area contributed by atoms with Crippen LogP contribution in [-0.2, 0) is 11.2 Å². The molecule has 1 aliphatic rings. The Kier molecular flexibility index (Phi) is 4.59. The fourth-order valence-corrected chi connectivity index (χ4v) is 3.10. The third kappa shape index (κ3) is 3.35. The number of carbonyl (C=O) groups is 1. The van der Waals surface area contributed by atoms with Gasteiger partial charge in [0.2, 0.25) is 0 Å². The Morgan fingerprint density at radius 1 is 1.42 bits per heavy atom. The van der Waals surface area contributed by atoms with Crippen LogP contribution >= 0.6 is 0 Å². The summed E-state index contributed by atoms with van der Waals surface area (Å²) < 4.78 is 0. The molecule has 1 aromatic rings. The van der Waals surface area contributed by atoms with Crippen molar-refractivity contribution in [1.82, 2.24) is 4.90 Å². The van der Waals surface area contributed by atoms with E-state index in [2.05, 4.69) is 36.1 Å². The highest BCUT2D eigenvalue weighted by Gasteiger charge is 2.37. The number of aryl methyl sites for hydroxylation is 1. The lowest BCUT2D eigenvalue weighted by Crippen LogP contribution is -2.39. The smallest absolute Gasteiger partial charge is 0.308 e. The Labute approximate surface area is 115 Å². The van der Waals surface area contributed by atoms with Crippen molar-refractivity contribution in [2.75, 3.05) is 6.54 Å². The van der Waals surface area contributed by atoms with E-state index >= 15 is 0 Å². The van der Waals surface area contributed by atoms with Crippen molar-refractivity contribution in [3.8, 4) is 0 Å². The maximum absolute atomic E-state index is 11.1. The first-order chi connectivity index (χ1) is 9.09.